The second kappa shape index (κ2) is 49.9. The molecule has 0 heterocycles. The third-order valence-electron chi connectivity index (χ3n) is 7.93. The second-order valence-electron chi connectivity index (χ2n) is 14.7. The summed E-state index contributed by atoms with van der Waals surface area (Å²) in [5, 5.41) is 0. The molecule has 1 aromatic carbocycles. The van der Waals surface area contributed by atoms with Crippen molar-refractivity contribution >= 4 is 5.97 Å². The van der Waals surface area contributed by atoms with E-state index in [0.717, 1.165) is 5.56 Å². The van der Waals surface area contributed by atoms with E-state index >= 15 is 0 Å². The van der Waals surface area contributed by atoms with E-state index < -0.39 is 5.60 Å². The molecule has 19 heteroatoms. The van der Waals surface area contributed by atoms with E-state index in [0.29, 0.717) is 225 Å². The average molecular weight is 941 g/mol. The number of esters is 1. The van der Waals surface area contributed by atoms with Crippen molar-refractivity contribution in [3.63, 3.8) is 0 Å². The predicted octanol–water partition coefficient (Wildman–Crippen LogP) is 3.20. The minimum atomic E-state index is -0.480. The van der Waals surface area contributed by atoms with E-state index in [1.807, 2.05) is 51.1 Å². The van der Waals surface area contributed by atoms with Crippen LogP contribution in [0.4, 0.5) is 0 Å². The molecule has 0 unspecified atom stereocenters. The van der Waals surface area contributed by atoms with Crippen molar-refractivity contribution in [1.29, 1.82) is 0 Å². The molecule has 0 atom stereocenters. The number of hydrogen-bond donors (Lipinski definition) is 0. The molecule has 0 saturated carbocycles. The highest BCUT2D eigenvalue weighted by Crippen LogP contribution is 2.08. The lowest BCUT2D eigenvalue weighted by molar-refractivity contribution is -0.156. The Hall–Kier alpha value is -1.99. The van der Waals surface area contributed by atoms with E-state index in [2.05, 4.69) is 0 Å². The quantitative estimate of drug-likeness (QED) is 0.0685. The van der Waals surface area contributed by atoms with Crippen molar-refractivity contribution in [2.45, 2.75) is 39.4 Å². The molecule has 382 valence electrons. The Morgan fingerprint density at radius 2 is 0.508 bits per heavy atom. The summed E-state index contributed by atoms with van der Waals surface area (Å²) in [5.74, 6) is -0.268. The lowest BCUT2D eigenvalue weighted by atomic mass is 10.2. The summed E-state index contributed by atoms with van der Waals surface area (Å²) in [6.45, 7) is 22.2. The van der Waals surface area contributed by atoms with Crippen LogP contribution in [0.2, 0.25) is 0 Å². The van der Waals surface area contributed by atoms with Crippen LogP contribution in [-0.2, 0) is 96.7 Å². The van der Waals surface area contributed by atoms with Gasteiger partial charge in [0.2, 0.25) is 0 Å². The van der Waals surface area contributed by atoms with Crippen LogP contribution in [0, 0.1) is 0 Å². The van der Waals surface area contributed by atoms with Gasteiger partial charge < -0.3 is 85.3 Å². The summed E-state index contributed by atoms with van der Waals surface area (Å²) < 4.78 is 98.6. The van der Waals surface area contributed by atoms with Crippen molar-refractivity contribution in [2.24, 2.45) is 0 Å². The average Bonchev–Trinajstić information content (AvgIpc) is 3.29. The Morgan fingerprint density at radius 1 is 0.308 bits per heavy atom. The number of hydrogen-bond acceptors (Lipinski definition) is 19. The molecule has 0 saturated heterocycles. The van der Waals surface area contributed by atoms with Crippen LogP contribution in [0.25, 0.3) is 0 Å². The molecular formula is C46H84O19. The highest BCUT2D eigenvalue weighted by Gasteiger charge is 2.15. The van der Waals surface area contributed by atoms with Gasteiger partial charge in [-0.15, -0.1) is 0 Å². The number of carbonyl (C=O) groups excluding carboxylic acids is 1. The molecule has 0 aromatic heterocycles. The van der Waals surface area contributed by atoms with Crippen LogP contribution >= 0.6 is 0 Å². The monoisotopic (exact) mass is 941 g/mol. The molecule has 0 radical (unpaired) electrons. The van der Waals surface area contributed by atoms with Crippen molar-refractivity contribution in [2.75, 3.05) is 218 Å². The first-order chi connectivity index (χ1) is 32.0. The zero-order valence-electron chi connectivity index (χ0n) is 39.9. The number of rotatable bonds is 53. The van der Waals surface area contributed by atoms with Gasteiger partial charge in [-0.05, 0) is 26.3 Å². The first kappa shape index (κ1) is 61.0. The highest BCUT2D eigenvalue weighted by molar-refractivity contribution is 5.69. The maximum atomic E-state index is 11.6. The summed E-state index contributed by atoms with van der Waals surface area (Å²) in [5.41, 5.74) is 0.674. The Kier molecular flexibility index (Phi) is 46.9. The Morgan fingerprint density at radius 3 is 0.723 bits per heavy atom. The first-order valence-electron chi connectivity index (χ1n) is 23.0. The van der Waals surface area contributed by atoms with E-state index in [9.17, 15) is 4.79 Å². The highest BCUT2D eigenvalue weighted by atomic mass is 16.6. The van der Waals surface area contributed by atoms with Gasteiger partial charge in [-0.25, -0.2) is 0 Å². The van der Waals surface area contributed by atoms with Crippen LogP contribution in [0.15, 0.2) is 30.3 Å². The molecule has 0 bridgehead atoms. The van der Waals surface area contributed by atoms with Crippen LogP contribution in [-0.4, -0.2) is 230 Å². The lowest BCUT2D eigenvalue weighted by Gasteiger charge is -2.19. The molecular weight excluding hydrogens is 856 g/mol. The number of carbonyl (C=O) groups is 1. The van der Waals surface area contributed by atoms with Gasteiger partial charge >= 0.3 is 5.97 Å². The van der Waals surface area contributed by atoms with Gasteiger partial charge in [0, 0.05) is 0 Å². The van der Waals surface area contributed by atoms with Gasteiger partial charge in [0.1, 0.15) is 5.60 Å². The predicted molar refractivity (Wildman–Crippen MR) is 240 cm³/mol. The second-order valence-corrected chi connectivity index (χ2v) is 14.7. The summed E-state index contributed by atoms with van der Waals surface area (Å²) in [6.07, 6.45) is 0.227. The van der Waals surface area contributed by atoms with Crippen LogP contribution in [0.5, 0.6) is 0 Å². The Bertz CT molecular complexity index is 1080. The number of ether oxygens (including phenoxy) is 18. The molecule has 0 aliphatic rings. The minimum absolute atomic E-state index is 0.227. The fraction of sp³-hybridized carbons (Fsp3) is 0.848. The Balaban J connectivity index is 1.60. The molecule has 1 rings (SSSR count). The topological polar surface area (TPSA) is 183 Å². The van der Waals surface area contributed by atoms with Crippen LogP contribution in [0.3, 0.4) is 0 Å². The summed E-state index contributed by atoms with van der Waals surface area (Å²) in [4.78, 5) is 11.6. The number of benzene rings is 1. The van der Waals surface area contributed by atoms with Gasteiger partial charge in [-0.3, -0.25) is 4.79 Å². The Labute approximate surface area is 388 Å². The van der Waals surface area contributed by atoms with E-state index in [1.54, 1.807) is 0 Å². The smallest absolute Gasteiger partial charge is 0.308 e. The SMILES string of the molecule is CC(C)(C)OC(=O)CCOCCOCCOCCOCCOCCOCCOCCOCCOCCOCCOCCOCCOCCOCCOCCOCCOCc1ccccc1. The normalized spacial score (nSPS) is 11.8. The molecule has 19 nitrogen and oxygen atoms in total. The van der Waals surface area contributed by atoms with Crippen molar-refractivity contribution in [1.82, 2.24) is 0 Å². The third kappa shape index (κ3) is 51.2. The molecule has 0 aliphatic carbocycles. The largest absolute Gasteiger partial charge is 0.460 e. The zero-order chi connectivity index (χ0) is 46.7. The molecule has 65 heavy (non-hydrogen) atoms. The summed E-state index contributed by atoms with van der Waals surface area (Å²) in [7, 11) is 0. The zero-order valence-corrected chi connectivity index (χ0v) is 39.9. The maximum Gasteiger partial charge on any atom is 0.308 e. The molecule has 0 N–H and O–H groups in total. The van der Waals surface area contributed by atoms with E-state index in [4.69, 9.17) is 85.3 Å². The van der Waals surface area contributed by atoms with E-state index in [-0.39, 0.29) is 12.4 Å². The van der Waals surface area contributed by atoms with Crippen molar-refractivity contribution in [3.05, 3.63) is 35.9 Å². The maximum absolute atomic E-state index is 11.6. The van der Waals surface area contributed by atoms with Crippen molar-refractivity contribution < 1.29 is 90.1 Å². The fourth-order valence-corrected chi connectivity index (χ4v) is 4.83. The van der Waals surface area contributed by atoms with Gasteiger partial charge in [0.15, 0.2) is 0 Å². The molecule has 1 aromatic rings. The van der Waals surface area contributed by atoms with Gasteiger partial charge in [-0.2, -0.15) is 0 Å². The van der Waals surface area contributed by atoms with Gasteiger partial charge in [0.05, 0.1) is 231 Å². The fourth-order valence-electron chi connectivity index (χ4n) is 4.83. The minimum Gasteiger partial charge on any atom is -0.460 e. The standard InChI is InChI=1S/C46H84O19/c1-46(2,3)65-45(47)9-10-48-11-12-49-13-14-50-15-16-51-17-18-52-19-20-53-21-22-54-23-24-55-25-26-56-27-28-57-29-30-58-31-32-59-33-34-60-35-36-61-37-38-62-39-40-63-41-42-64-43-44-7-5-4-6-8-44/h4-8H,9-43H2,1-3H3. The third-order valence-corrected chi connectivity index (χ3v) is 7.93. The molecule has 0 fully saturated rings. The van der Waals surface area contributed by atoms with Crippen LogP contribution in [0.1, 0.15) is 32.8 Å². The molecule has 0 spiro atoms. The molecule has 0 aliphatic heterocycles. The lowest BCUT2D eigenvalue weighted by Crippen LogP contribution is -2.24. The first-order valence-corrected chi connectivity index (χ1v) is 23.0. The van der Waals surface area contributed by atoms with Crippen LogP contribution < -0.4 is 0 Å². The van der Waals surface area contributed by atoms with Gasteiger partial charge in [-0.1, -0.05) is 30.3 Å². The van der Waals surface area contributed by atoms with Gasteiger partial charge in [0.25, 0.3) is 0 Å². The molecule has 0 amide bonds. The summed E-state index contributed by atoms with van der Waals surface area (Å²) >= 11 is 0. The van der Waals surface area contributed by atoms with E-state index in [1.165, 1.54) is 0 Å². The summed E-state index contributed by atoms with van der Waals surface area (Å²) in [6, 6.07) is 10.1. The van der Waals surface area contributed by atoms with Crippen molar-refractivity contribution in [3.8, 4) is 0 Å².